The number of benzene rings is 1. The second kappa shape index (κ2) is 9.23. The maximum Gasteiger partial charge on any atom is 0.410 e. The quantitative estimate of drug-likeness (QED) is 0.581. The molecule has 3 aliphatic rings. The second-order valence-corrected chi connectivity index (χ2v) is 12.5. The van der Waals surface area contributed by atoms with E-state index in [1.165, 1.54) is 0 Å². The zero-order chi connectivity index (χ0) is 26.4. The number of nitrogens with zero attached hydrogens (tertiary/aromatic N) is 5. The number of aromatic nitrogens is 2. The van der Waals surface area contributed by atoms with Crippen LogP contribution >= 0.6 is 0 Å². The van der Waals surface area contributed by atoms with Crippen LogP contribution in [0.25, 0.3) is 11.0 Å². The van der Waals surface area contributed by atoms with Crippen molar-refractivity contribution in [2.45, 2.75) is 77.5 Å². The third-order valence-corrected chi connectivity index (χ3v) is 7.93. The second-order valence-electron chi connectivity index (χ2n) is 12.5. The van der Waals surface area contributed by atoms with Crippen LogP contribution in [0.5, 0.6) is 0 Å². The highest BCUT2D eigenvalue weighted by Gasteiger charge is 2.50. The van der Waals surface area contributed by atoms with Gasteiger partial charge in [-0.25, -0.2) is 14.6 Å². The molecule has 1 aromatic carbocycles. The highest BCUT2D eigenvalue weighted by atomic mass is 16.6. The number of imidazole rings is 1. The van der Waals surface area contributed by atoms with Crippen LogP contribution in [0.15, 0.2) is 24.5 Å². The van der Waals surface area contributed by atoms with Crippen molar-refractivity contribution in [3.8, 4) is 6.07 Å². The van der Waals surface area contributed by atoms with Crippen LogP contribution in [-0.4, -0.2) is 68.9 Å². The van der Waals surface area contributed by atoms with Crippen LogP contribution in [0.3, 0.4) is 0 Å². The van der Waals surface area contributed by atoms with E-state index in [-0.39, 0.29) is 17.6 Å². The Kier molecular flexibility index (Phi) is 6.33. The first-order valence-corrected chi connectivity index (χ1v) is 13.3. The van der Waals surface area contributed by atoms with Gasteiger partial charge in [-0.2, -0.15) is 5.26 Å². The van der Waals surface area contributed by atoms with E-state index >= 15 is 0 Å². The fraction of sp³-hybridized carbons (Fsp3) is 0.643. The number of carbonyl (C=O) groups is 2. The summed E-state index contributed by atoms with van der Waals surface area (Å²) in [5.74, 6) is 0.356. The number of carbonyl (C=O) groups excluding carboxylic acids is 2. The first kappa shape index (κ1) is 25.4. The van der Waals surface area contributed by atoms with Crippen LogP contribution in [-0.2, 0) is 16.0 Å². The monoisotopic (exact) mass is 507 g/mol. The van der Waals surface area contributed by atoms with Gasteiger partial charge in [0.05, 0.1) is 35.5 Å². The van der Waals surface area contributed by atoms with Gasteiger partial charge in [-0.1, -0.05) is 6.92 Å². The number of ether oxygens (including phenoxy) is 2. The molecule has 0 N–H and O–H groups in total. The average molecular weight is 508 g/mol. The maximum absolute atomic E-state index is 13.0. The number of hydrogen-bond donors (Lipinski definition) is 0. The normalized spacial score (nSPS) is 28.1. The van der Waals surface area contributed by atoms with Crippen LogP contribution in [0.2, 0.25) is 0 Å². The molecular weight excluding hydrogens is 470 g/mol. The summed E-state index contributed by atoms with van der Waals surface area (Å²) in [4.78, 5) is 33.7. The standard InChI is InChI=1S/C28H37N5O4/c1-26(2,3)36-24(34)31-11-10-27(4,16-31)17-33-18-28(37-25(33)35)9-5-6-21(13-28)15-32-19-30-22-8-7-20(14-29)12-23(22)32/h7-8,12,19,21H,5-6,9-11,13,15-18H2,1-4H3/t21-,27?,28-/m0/s1. The first-order valence-electron chi connectivity index (χ1n) is 13.3. The van der Waals surface area contributed by atoms with Gasteiger partial charge in [0.25, 0.3) is 0 Å². The minimum Gasteiger partial charge on any atom is -0.444 e. The summed E-state index contributed by atoms with van der Waals surface area (Å²) in [6, 6.07) is 7.77. The SMILES string of the molecule is CC1(CN2C[C@@]3(CCC[C@H](Cn4cnc5ccc(C#N)cc54)C3)OC2=O)CCN(C(=O)OC(C)(C)C)C1. The van der Waals surface area contributed by atoms with E-state index in [0.29, 0.717) is 37.7 Å². The molecule has 1 saturated carbocycles. The minimum absolute atomic E-state index is 0.191. The Labute approximate surface area is 218 Å². The number of nitriles is 1. The summed E-state index contributed by atoms with van der Waals surface area (Å²) in [5.41, 5.74) is 1.29. The number of hydrogen-bond acceptors (Lipinski definition) is 6. The van der Waals surface area contributed by atoms with Crippen molar-refractivity contribution in [2.24, 2.45) is 11.3 Å². The lowest BCUT2D eigenvalue weighted by Gasteiger charge is -2.36. The van der Waals surface area contributed by atoms with E-state index in [2.05, 4.69) is 22.5 Å². The zero-order valence-electron chi connectivity index (χ0n) is 22.3. The predicted octanol–water partition coefficient (Wildman–Crippen LogP) is 4.94. The Morgan fingerprint density at radius 2 is 2.11 bits per heavy atom. The first-order chi connectivity index (χ1) is 17.5. The lowest BCUT2D eigenvalue weighted by atomic mass is 9.77. The van der Waals surface area contributed by atoms with E-state index in [4.69, 9.17) is 9.47 Å². The Bertz CT molecular complexity index is 1240. The smallest absolute Gasteiger partial charge is 0.410 e. The average Bonchev–Trinajstić information content (AvgIpc) is 3.48. The fourth-order valence-corrected chi connectivity index (χ4v) is 6.30. The van der Waals surface area contributed by atoms with Crippen molar-refractivity contribution in [3.05, 3.63) is 30.1 Å². The Balaban J connectivity index is 1.22. The molecule has 1 aromatic heterocycles. The van der Waals surface area contributed by atoms with Crippen molar-refractivity contribution in [1.29, 1.82) is 5.26 Å². The van der Waals surface area contributed by atoms with Crippen molar-refractivity contribution >= 4 is 23.2 Å². The largest absolute Gasteiger partial charge is 0.444 e. The van der Waals surface area contributed by atoms with Crippen LogP contribution in [0, 0.1) is 22.7 Å². The van der Waals surface area contributed by atoms with Gasteiger partial charge < -0.3 is 23.8 Å². The molecule has 198 valence electrons. The van der Waals surface area contributed by atoms with E-state index in [1.807, 2.05) is 44.1 Å². The van der Waals surface area contributed by atoms with E-state index in [0.717, 1.165) is 49.7 Å². The topological polar surface area (TPSA) is 101 Å². The summed E-state index contributed by atoms with van der Waals surface area (Å²) >= 11 is 0. The van der Waals surface area contributed by atoms with Gasteiger partial charge in [-0.05, 0) is 77.0 Å². The molecule has 3 atom stereocenters. The van der Waals surface area contributed by atoms with Crippen molar-refractivity contribution in [3.63, 3.8) is 0 Å². The minimum atomic E-state index is -0.528. The van der Waals surface area contributed by atoms with Gasteiger partial charge >= 0.3 is 12.2 Å². The Morgan fingerprint density at radius 1 is 1.30 bits per heavy atom. The summed E-state index contributed by atoms with van der Waals surface area (Å²) in [6.45, 7) is 10.9. The number of rotatable bonds is 4. The van der Waals surface area contributed by atoms with Gasteiger partial charge in [0.2, 0.25) is 0 Å². The lowest BCUT2D eigenvalue weighted by molar-refractivity contribution is 0.00404. The Hall–Kier alpha value is -3.28. The molecule has 9 heteroatoms. The van der Waals surface area contributed by atoms with E-state index in [9.17, 15) is 14.9 Å². The molecule has 37 heavy (non-hydrogen) atoms. The van der Waals surface area contributed by atoms with Gasteiger partial charge in [-0.3, -0.25) is 0 Å². The summed E-state index contributed by atoms with van der Waals surface area (Å²) < 4.78 is 13.8. The number of fused-ring (bicyclic) bond motifs is 1. The molecule has 2 aliphatic heterocycles. The molecule has 0 bridgehead atoms. The van der Waals surface area contributed by atoms with Crippen LogP contribution in [0.4, 0.5) is 9.59 Å². The van der Waals surface area contributed by atoms with Gasteiger partial charge in [0.1, 0.15) is 11.2 Å². The molecular formula is C28H37N5O4. The number of amides is 2. The van der Waals surface area contributed by atoms with Crippen LogP contribution in [0.1, 0.15) is 65.4 Å². The van der Waals surface area contributed by atoms with Crippen molar-refractivity contribution in [1.82, 2.24) is 19.4 Å². The molecule has 3 heterocycles. The molecule has 5 rings (SSSR count). The van der Waals surface area contributed by atoms with Gasteiger partial charge in [0, 0.05) is 31.6 Å². The molecule has 0 radical (unpaired) electrons. The van der Waals surface area contributed by atoms with E-state index < -0.39 is 11.2 Å². The molecule has 2 aromatic rings. The number of likely N-dealkylation sites (tertiary alicyclic amines) is 1. The molecule has 2 saturated heterocycles. The molecule has 3 fully saturated rings. The fourth-order valence-electron chi connectivity index (χ4n) is 6.30. The summed E-state index contributed by atoms with van der Waals surface area (Å²) in [7, 11) is 0. The highest BCUT2D eigenvalue weighted by molar-refractivity contribution is 5.77. The van der Waals surface area contributed by atoms with Crippen molar-refractivity contribution in [2.75, 3.05) is 26.2 Å². The van der Waals surface area contributed by atoms with Crippen LogP contribution < -0.4 is 0 Å². The molecule has 1 aliphatic carbocycles. The predicted molar refractivity (Wildman–Crippen MR) is 138 cm³/mol. The lowest BCUT2D eigenvalue weighted by Crippen LogP contribution is -2.43. The maximum atomic E-state index is 13.0. The summed E-state index contributed by atoms with van der Waals surface area (Å²) in [5, 5.41) is 9.28. The van der Waals surface area contributed by atoms with E-state index in [1.54, 1.807) is 11.0 Å². The van der Waals surface area contributed by atoms with Gasteiger partial charge in [-0.15, -0.1) is 0 Å². The highest BCUT2D eigenvalue weighted by Crippen LogP contribution is 2.42. The molecule has 1 unspecified atom stereocenters. The third-order valence-electron chi connectivity index (χ3n) is 7.93. The third kappa shape index (κ3) is 5.39. The molecule has 9 nitrogen and oxygen atoms in total. The zero-order valence-corrected chi connectivity index (χ0v) is 22.3. The molecule has 2 amide bonds. The van der Waals surface area contributed by atoms with Crippen molar-refractivity contribution < 1.29 is 19.1 Å². The molecule has 1 spiro atoms. The Morgan fingerprint density at radius 3 is 2.86 bits per heavy atom. The summed E-state index contributed by atoms with van der Waals surface area (Å²) in [6.07, 6.45) is 5.89. The van der Waals surface area contributed by atoms with Gasteiger partial charge in [0.15, 0.2) is 0 Å².